The summed E-state index contributed by atoms with van der Waals surface area (Å²) in [4.78, 5) is 22.8. The fourth-order valence-electron chi connectivity index (χ4n) is 2.63. The minimum Gasteiger partial charge on any atom is -0.478 e. The van der Waals surface area contributed by atoms with Gasteiger partial charge in [0.1, 0.15) is 5.58 Å². The molecule has 0 aliphatic carbocycles. The lowest BCUT2D eigenvalue weighted by atomic mass is 9.92. The van der Waals surface area contributed by atoms with Crippen molar-refractivity contribution >= 4 is 22.9 Å². The molecule has 0 saturated heterocycles. The minimum absolute atomic E-state index is 0.0195. The molecule has 22 heavy (non-hydrogen) atoms. The average Bonchev–Trinajstić information content (AvgIpc) is 2.89. The summed E-state index contributed by atoms with van der Waals surface area (Å²) in [5.41, 5.74) is 1.91. The van der Waals surface area contributed by atoms with Crippen molar-refractivity contribution in [2.75, 3.05) is 0 Å². The van der Waals surface area contributed by atoms with Gasteiger partial charge in [-0.25, -0.2) is 9.59 Å². The van der Waals surface area contributed by atoms with Crippen LogP contribution in [-0.4, -0.2) is 22.2 Å². The maximum absolute atomic E-state index is 11.6. The summed E-state index contributed by atoms with van der Waals surface area (Å²) < 4.78 is 5.45. The molecule has 1 aromatic heterocycles. The number of carboxylic acid groups (broad SMARTS) is 2. The Morgan fingerprint density at radius 2 is 1.68 bits per heavy atom. The number of carbonyl (C=O) groups is 2. The number of fused-ring (bicyclic) bond motifs is 1. The van der Waals surface area contributed by atoms with Crippen molar-refractivity contribution in [3.8, 4) is 11.1 Å². The first kappa shape index (κ1) is 13.9. The molecule has 0 aliphatic heterocycles. The van der Waals surface area contributed by atoms with Crippen LogP contribution < -0.4 is 0 Å². The van der Waals surface area contributed by atoms with E-state index in [1.165, 1.54) is 25.3 Å². The molecule has 0 spiro atoms. The Balaban J connectivity index is 2.34. The second-order valence-electron chi connectivity index (χ2n) is 4.92. The molecule has 0 bridgehead atoms. The third-order valence-electron chi connectivity index (χ3n) is 3.68. The number of hydrogen-bond donors (Lipinski definition) is 2. The lowest BCUT2D eigenvalue weighted by Crippen LogP contribution is -2.08. The largest absolute Gasteiger partial charge is 0.478 e. The SMILES string of the molecule is Cc1c(C(=O)O)ccc(-c2coc3ccccc23)c1C(=O)O. The fourth-order valence-corrected chi connectivity index (χ4v) is 2.63. The highest BCUT2D eigenvalue weighted by Gasteiger charge is 2.22. The molecule has 3 rings (SSSR count). The molecule has 2 aromatic carbocycles. The fraction of sp³-hybridized carbons (Fsp3) is 0.0588. The highest BCUT2D eigenvalue weighted by atomic mass is 16.4. The third kappa shape index (κ3) is 2.03. The van der Waals surface area contributed by atoms with Crippen molar-refractivity contribution in [2.24, 2.45) is 0 Å². The molecule has 0 radical (unpaired) electrons. The van der Waals surface area contributed by atoms with Gasteiger partial charge in [-0.05, 0) is 24.6 Å². The number of aromatic carboxylic acids is 2. The molecule has 3 aromatic rings. The average molecular weight is 296 g/mol. The maximum Gasteiger partial charge on any atom is 0.336 e. The first-order valence-corrected chi connectivity index (χ1v) is 6.57. The monoisotopic (exact) mass is 296 g/mol. The van der Waals surface area contributed by atoms with Gasteiger partial charge < -0.3 is 14.6 Å². The summed E-state index contributed by atoms with van der Waals surface area (Å²) in [5.74, 6) is -2.32. The van der Waals surface area contributed by atoms with Crippen LogP contribution >= 0.6 is 0 Å². The predicted molar refractivity (Wildman–Crippen MR) is 80.3 cm³/mol. The van der Waals surface area contributed by atoms with E-state index in [1.807, 2.05) is 18.2 Å². The highest BCUT2D eigenvalue weighted by molar-refractivity contribution is 6.05. The molecule has 2 N–H and O–H groups in total. The Hall–Kier alpha value is -3.08. The Morgan fingerprint density at radius 3 is 2.36 bits per heavy atom. The Kier molecular flexibility index (Phi) is 3.18. The molecule has 1 heterocycles. The van der Waals surface area contributed by atoms with Gasteiger partial charge in [0.05, 0.1) is 17.4 Å². The molecular weight excluding hydrogens is 284 g/mol. The van der Waals surface area contributed by atoms with Gasteiger partial charge in [0.25, 0.3) is 0 Å². The summed E-state index contributed by atoms with van der Waals surface area (Å²) in [6, 6.07) is 10.2. The van der Waals surface area contributed by atoms with E-state index in [4.69, 9.17) is 9.52 Å². The van der Waals surface area contributed by atoms with Gasteiger partial charge in [0.15, 0.2) is 0 Å². The minimum atomic E-state index is -1.17. The molecule has 5 nitrogen and oxygen atoms in total. The van der Waals surface area contributed by atoms with Gasteiger partial charge >= 0.3 is 11.9 Å². The second kappa shape index (κ2) is 5.04. The smallest absolute Gasteiger partial charge is 0.336 e. The Morgan fingerprint density at radius 1 is 0.955 bits per heavy atom. The number of benzene rings is 2. The van der Waals surface area contributed by atoms with E-state index in [-0.39, 0.29) is 16.7 Å². The quantitative estimate of drug-likeness (QED) is 0.767. The van der Waals surface area contributed by atoms with E-state index in [0.29, 0.717) is 16.7 Å². The van der Waals surface area contributed by atoms with Crippen LogP contribution in [0.15, 0.2) is 47.1 Å². The summed E-state index contributed by atoms with van der Waals surface area (Å²) in [7, 11) is 0. The number of carboxylic acids is 2. The first-order valence-electron chi connectivity index (χ1n) is 6.57. The molecule has 0 aliphatic rings. The van der Waals surface area contributed by atoms with Crippen LogP contribution in [-0.2, 0) is 0 Å². The molecule has 110 valence electrons. The second-order valence-corrected chi connectivity index (χ2v) is 4.92. The van der Waals surface area contributed by atoms with E-state index in [9.17, 15) is 14.7 Å². The summed E-state index contributed by atoms with van der Waals surface area (Å²) in [5, 5.41) is 19.4. The summed E-state index contributed by atoms with van der Waals surface area (Å²) >= 11 is 0. The third-order valence-corrected chi connectivity index (χ3v) is 3.68. The van der Waals surface area contributed by atoms with Gasteiger partial charge in [-0.2, -0.15) is 0 Å². The summed E-state index contributed by atoms with van der Waals surface area (Å²) in [6.07, 6.45) is 1.49. The van der Waals surface area contributed by atoms with Gasteiger partial charge in [-0.1, -0.05) is 24.3 Å². The van der Waals surface area contributed by atoms with Gasteiger partial charge in [0, 0.05) is 16.5 Å². The molecule has 0 saturated carbocycles. The van der Waals surface area contributed by atoms with Gasteiger partial charge in [-0.3, -0.25) is 0 Å². The van der Waals surface area contributed by atoms with Crippen LogP contribution in [0.5, 0.6) is 0 Å². The molecule has 0 atom stereocenters. The van der Waals surface area contributed by atoms with Crippen LogP contribution in [0.25, 0.3) is 22.1 Å². The van der Waals surface area contributed by atoms with Crippen molar-refractivity contribution in [2.45, 2.75) is 6.92 Å². The van der Waals surface area contributed by atoms with E-state index in [1.54, 1.807) is 6.07 Å². The molecule has 0 amide bonds. The van der Waals surface area contributed by atoms with Gasteiger partial charge in [0.2, 0.25) is 0 Å². The van der Waals surface area contributed by atoms with E-state index in [0.717, 1.165) is 5.39 Å². The van der Waals surface area contributed by atoms with Crippen LogP contribution in [0.3, 0.4) is 0 Å². The lowest BCUT2D eigenvalue weighted by molar-refractivity contribution is 0.0696. The van der Waals surface area contributed by atoms with E-state index in [2.05, 4.69) is 0 Å². The van der Waals surface area contributed by atoms with E-state index < -0.39 is 11.9 Å². The van der Waals surface area contributed by atoms with Crippen molar-refractivity contribution in [3.63, 3.8) is 0 Å². The standard InChI is InChI=1S/C17H12O5/c1-9-10(16(18)19)6-7-12(15(9)17(20)21)13-8-22-14-5-3-2-4-11(13)14/h2-8H,1H3,(H,18,19)(H,20,21). The summed E-state index contributed by atoms with van der Waals surface area (Å²) in [6.45, 7) is 1.50. The van der Waals surface area contributed by atoms with Crippen LogP contribution in [0.1, 0.15) is 26.3 Å². The van der Waals surface area contributed by atoms with Crippen LogP contribution in [0.4, 0.5) is 0 Å². The number of hydrogen-bond acceptors (Lipinski definition) is 3. The van der Waals surface area contributed by atoms with Crippen LogP contribution in [0.2, 0.25) is 0 Å². The zero-order valence-corrected chi connectivity index (χ0v) is 11.7. The van der Waals surface area contributed by atoms with Crippen molar-refractivity contribution in [1.82, 2.24) is 0 Å². The Labute approximate surface area is 125 Å². The zero-order chi connectivity index (χ0) is 15.9. The van der Waals surface area contributed by atoms with E-state index >= 15 is 0 Å². The lowest BCUT2D eigenvalue weighted by Gasteiger charge is -2.10. The zero-order valence-electron chi connectivity index (χ0n) is 11.7. The van der Waals surface area contributed by atoms with Crippen molar-refractivity contribution in [3.05, 3.63) is 59.4 Å². The van der Waals surface area contributed by atoms with Crippen LogP contribution in [0, 0.1) is 6.92 Å². The van der Waals surface area contributed by atoms with Crippen molar-refractivity contribution in [1.29, 1.82) is 0 Å². The Bertz CT molecular complexity index is 905. The number of furan rings is 1. The van der Waals surface area contributed by atoms with Gasteiger partial charge in [-0.15, -0.1) is 0 Å². The molecule has 0 unspecified atom stereocenters. The maximum atomic E-state index is 11.6. The normalized spacial score (nSPS) is 10.8. The first-order chi connectivity index (χ1) is 10.5. The highest BCUT2D eigenvalue weighted by Crippen LogP contribution is 2.34. The number of para-hydroxylation sites is 1. The number of rotatable bonds is 3. The molecular formula is C17H12O5. The van der Waals surface area contributed by atoms with Crippen molar-refractivity contribution < 1.29 is 24.2 Å². The topological polar surface area (TPSA) is 87.7 Å². The molecule has 5 heteroatoms. The predicted octanol–water partition coefficient (Wildman–Crippen LogP) is 3.80. The molecule has 0 fully saturated rings.